The highest BCUT2D eigenvalue weighted by molar-refractivity contribution is 5.96. The van der Waals surface area contributed by atoms with Crippen molar-refractivity contribution in [2.45, 2.75) is 20.8 Å². The van der Waals surface area contributed by atoms with Gasteiger partial charge in [0.1, 0.15) is 5.82 Å². The van der Waals surface area contributed by atoms with Crippen molar-refractivity contribution in [3.8, 4) is 0 Å². The lowest BCUT2D eigenvalue weighted by molar-refractivity contribution is -0.114. The SMILES string of the molecule is CCN(CC)C(=O)c1ccc(NC(=O)CNc2ccc(C)c(F)c2)cc1. The summed E-state index contributed by atoms with van der Waals surface area (Å²) in [6.45, 7) is 6.87. The van der Waals surface area contributed by atoms with Crippen molar-refractivity contribution in [2.75, 3.05) is 30.3 Å². The maximum Gasteiger partial charge on any atom is 0.253 e. The van der Waals surface area contributed by atoms with E-state index >= 15 is 0 Å². The fourth-order valence-electron chi connectivity index (χ4n) is 2.48. The summed E-state index contributed by atoms with van der Waals surface area (Å²) < 4.78 is 13.5. The molecule has 2 amide bonds. The first-order valence-corrected chi connectivity index (χ1v) is 8.63. The van der Waals surface area contributed by atoms with Crippen LogP contribution in [0.25, 0.3) is 0 Å². The molecule has 138 valence electrons. The average molecular weight is 357 g/mol. The minimum atomic E-state index is -0.316. The highest BCUT2D eigenvalue weighted by Crippen LogP contribution is 2.14. The third-order valence-electron chi connectivity index (χ3n) is 4.09. The Kier molecular flexibility index (Phi) is 6.72. The first kappa shape index (κ1) is 19.4. The number of carbonyl (C=O) groups is 2. The first-order valence-electron chi connectivity index (χ1n) is 8.63. The maximum absolute atomic E-state index is 13.5. The molecule has 0 saturated heterocycles. The predicted octanol–water partition coefficient (Wildman–Crippen LogP) is 3.67. The number of nitrogens with one attached hydrogen (secondary N) is 2. The molecule has 0 radical (unpaired) electrons. The van der Waals surface area contributed by atoms with Crippen LogP contribution in [0, 0.1) is 12.7 Å². The number of nitrogens with zero attached hydrogens (tertiary/aromatic N) is 1. The third-order valence-corrected chi connectivity index (χ3v) is 4.09. The molecule has 0 aromatic heterocycles. The lowest BCUT2D eigenvalue weighted by Crippen LogP contribution is -2.30. The Balaban J connectivity index is 1.90. The van der Waals surface area contributed by atoms with Crippen LogP contribution in [0.4, 0.5) is 15.8 Å². The van der Waals surface area contributed by atoms with Gasteiger partial charge in [-0.3, -0.25) is 9.59 Å². The largest absolute Gasteiger partial charge is 0.376 e. The summed E-state index contributed by atoms with van der Waals surface area (Å²) in [5.41, 5.74) is 2.28. The van der Waals surface area contributed by atoms with Gasteiger partial charge in [-0.05, 0) is 62.7 Å². The van der Waals surface area contributed by atoms with Crippen molar-refractivity contribution in [1.29, 1.82) is 0 Å². The maximum atomic E-state index is 13.5. The van der Waals surface area contributed by atoms with Gasteiger partial charge < -0.3 is 15.5 Å². The van der Waals surface area contributed by atoms with E-state index in [0.717, 1.165) is 0 Å². The van der Waals surface area contributed by atoms with Crippen LogP contribution >= 0.6 is 0 Å². The Hall–Kier alpha value is -2.89. The van der Waals surface area contributed by atoms with Gasteiger partial charge in [0.15, 0.2) is 0 Å². The number of amides is 2. The van der Waals surface area contributed by atoms with E-state index in [1.807, 2.05) is 13.8 Å². The van der Waals surface area contributed by atoms with E-state index in [4.69, 9.17) is 0 Å². The number of rotatable bonds is 7. The summed E-state index contributed by atoms with van der Waals surface area (Å²) in [6, 6.07) is 11.5. The van der Waals surface area contributed by atoms with Crippen molar-refractivity contribution >= 4 is 23.2 Å². The van der Waals surface area contributed by atoms with Gasteiger partial charge in [-0.1, -0.05) is 6.07 Å². The van der Waals surface area contributed by atoms with Crippen LogP contribution in [0.3, 0.4) is 0 Å². The number of hydrogen-bond donors (Lipinski definition) is 2. The molecule has 2 N–H and O–H groups in total. The van der Waals surface area contributed by atoms with Crippen LogP contribution < -0.4 is 10.6 Å². The van der Waals surface area contributed by atoms with Gasteiger partial charge in [-0.2, -0.15) is 0 Å². The minimum Gasteiger partial charge on any atom is -0.376 e. The third kappa shape index (κ3) is 5.05. The van der Waals surface area contributed by atoms with Gasteiger partial charge in [0.25, 0.3) is 5.91 Å². The van der Waals surface area contributed by atoms with Gasteiger partial charge in [-0.15, -0.1) is 0 Å². The van der Waals surface area contributed by atoms with Crippen molar-refractivity contribution in [1.82, 2.24) is 4.90 Å². The molecule has 0 aliphatic carbocycles. The Labute approximate surface area is 153 Å². The van der Waals surface area contributed by atoms with Crippen molar-refractivity contribution in [3.05, 3.63) is 59.4 Å². The van der Waals surface area contributed by atoms with Crippen molar-refractivity contribution < 1.29 is 14.0 Å². The average Bonchev–Trinajstić information content (AvgIpc) is 2.64. The molecule has 0 saturated carbocycles. The second-order valence-corrected chi connectivity index (χ2v) is 5.92. The summed E-state index contributed by atoms with van der Waals surface area (Å²) in [5, 5.41) is 5.62. The molecule has 2 aromatic carbocycles. The Morgan fingerprint density at radius 2 is 1.62 bits per heavy atom. The fourth-order valence-corrected chi connectivity index (χ4v) is 2.48. The zero-order chi connectivity index (χ0) is 19.1. The van der Waals surface area contributed by atoms with Gasteiger partial charge in [0.05, 0.1) is 6.54 Å². The van der Waals surface area contributed by atoms with E-state index in [1.165, 1.54) is 6.07 Å². The van der Waals surface area contributed by atoms with Gasteiger partial charge in [0.2, 0.25) is 5.91 Å². The zero-order valence-corrected chi connectivity index (χ0v) is 15.3. The van der Waals surface area contributed by atoms with Crippen LogP contribution in [0.15, 0.2) is 42.5 Å². The summed E-state index contributed by atoms with van der Waals surface area (Å²) in [5.74, 6) is -0.603. The summed E-state index contributed by atoms with van der Waals surface area (Å²) in [7, 11) is 0. The van der Waals surface area contributed by atoms with E-state index in [1.54, 1.807) is 48.2 Å². The number of aryl methyl sites for hydroxylation is 1. The molecular weight excluding hydrogens is 333 g/mol. The molecule has 0 bridgehead atoms. The second-order valence-electron chi connectivity index (χ2n) is 5.92. The second kappa shape index (κ2) is 8.99. The monoisotopic (exact) mass is 357 g/mol. The molecule has 2 rings (SSSR count). The summed E-state index contributed by atoms with van der Waals surface area (Å²) in [6.07, 6.45) is 0. The van der Waals surface area contributed by atoms with Gasteiger partial charge >= 0.3 is 0 Å². The van der Waals surface area contributed by atoms with Gasteiger partial charge in [0, 0.05) is 30.0 Å². The smallest absolute Gasteiger partial charge is 0.253 e. The molecule has 0 atom stereocenters. The molecule has 0 unspecified atom stereocenters. The van der Waals surface area contributed by atoms with E-state index in [9.17, 15) is 14.0 Å². The van der Waals surface area contributed by atoms with E-state index in [-0.39, 0.29) is 24.2 Å². The van der Waals surface area contributed by atoms with Crippen LogP contribution in [0.2, 0.25) is 0 Å². The number of anilines is 2. The number of halogens is 1. The van der Waals surface area contributed by atoms with E-state index in [0.29, 0.717) is 35.6 Å². The zero-order valence-electron chi connectivity index (χ0n) is 15.3. The summed E-state index contributed by atoms with van der Waals surface area (Å²) in [4.78, 5) is 26.0. The molecule has 0 heterocycles. The topological polar surface area (TPSA) is 61.4 Å². The van der Waals surface area contributed by atoms with Crippen molar-refractivity contribution in [2.24, 2.45) is 0 Å². The Bertz CT molecular complexity index is 771. The molecule has 5 nitrogen and oxygen atoms in total. The molecule has 0 aliphatic heterocycles. The molecule has 0 fully saturated rings. The normalized spacial score (nSPS) is 10.3. The van der Waals surface area contributed by atoms with Crippen molar-refractivity contribution in [3.63, 3.8) is 0 Å². The minimum absolute atomic E-state index is 0.0165. The van der Waals surface area contributed by atoms with E-state index in [2.05, 4.69) is 10.6 Å². The molecule has 26 heavy (non-hydrogen) atoms. The molecule has 0 aliphatic rings. The molecule has 0 spiro atoms. The van der Waals surface area contributed by atoms with E-state index < -0.39 is 0 Å². The van der Waals surface area contributed by atoms with Crippen LogP contribution in [-0.2, 0) is 4.79 Å². The Morgan fingerprint density at radius 3 is 2.19 bits per heavy atom. The molecular formula is C20H24FN3O2. The first-order chi connectivity index (χ1) is 12.4. The lowest BCUT2D eigenvalue weighted by Gasteiger charge is -2.18. The van der Waals surface area contributed by atoms with Crippen LogP contribution in [-0.4, -0.2) is 36.3 Å². The predicted molar refractivity (Wildman–Crippen MR) is 102 cm³/mol. The molecule has 2 aromatic rings. The summed E-state index contributed by atoms with van der Waals surface area (Å²) >= 11 is 0. The highest BCUT2D eigenvalue weighted by Gasteiger charge is 2.12. The number of carbonyl (C=O) groups excluding carboxylic acids is 2. The standard InChI is InChI=1S/C20H24FN3O2/c1-4-24(5-2)20(26)15-7-10-16(11-8-15)23-19(25)13-22-17-9-6-14(3)18(21)12-17/h6-12,22H,4-5,13H2,1-3H3,(H,23,25). The van der Waals surface area contributed by atoms with Crippen LogP contribution in [0.1, 0.15) is 29.8 Å². The Morgan fingerprint density at radius 1 is 1.00 bits per heavy atom. The quantitative estimate of drug-likeness (QED) is 0.795. The van der Waals surface area contributed by atoms with Gasteiger partial charge in [-0.25, -0.2) is 4.39 Å². The highest BCUT2D eigenvalue weighted by atomic mass is 19.1. The number of hydrogen-bond acceptors (Lipinski definition) is 3. The molecule has 6 heteroatoms. The van der Waals surface area contributed by atoms with Crippen LogP contribution in [0.5, 0.6) is 0 Å². The fraction of sp³-hybridized carbons (Fsp3) is 0.300. The lowest BCUT2D eigenvalue weighted by atomic mass is 10.1. The number of benzene rings is 2.